The molecular weight excluding hydrogens is 287 g/mol. The highest BCUT2D eigenvalue weighted by molar-refractivity contribution is 5.57. The van der Waals surface area contributed by atoms with E-state index in [1.807, 2.05) is 0 Å². The molecule has 0 radical (unpaired) electrons. The number of nitrogens with zero attached hydrogens (tertiary/aromatic N) is 2. The maximum atomic E-state index is 13.3. The molecule has 0 saturated heterocycles. The molecule has 110 valence electrons. The summed E-state index contributed by atoms with van der Waals surface area (Å²) in [5.41, 5.74) is -1.38. The fraction of sp³-hybridized carbons (Fsp3) is 0.364. The van der Waals surface area contributed by atoms with Gasteiger partial charge in [-0.3, -0.25) is 0 Å². The molecule has 0 saturated carbocycles. The van der Waals surface area contributed by atoms with Gasteiger partial charge in [-0.1, -0.05) is 0 Å². The summed E-state index contributed by atoms with van der Waals surface area (Å²) in [5, 5.41) is 12.3. The van der Waals surface area contributed by atoms with E-state index in [4.69, 9.17) is 9.84 Å². The van der Waals surface area contributed by atoms with Gasteiger partial charge in [0, 0.05) is 11.6 Å². The summed E-state index contributed by atoms with van der Waals surface area (Å²) in [5.74, 6) is -5.11. The van der Waals surface area contributed by atoms with Crippen LogP contribution in [0.2, 0.25) is 0 Å². The van der Waals surface area contributed by atoms with Crippen molar-refractivity contribution in [3.05, 3.63) is 29.5 Å². The van der Waals surface area contributed by atoms with Crippen molar-refractivity contribution in [2.45, 2.75) is 18.7 Å². The Morgan fingerprint density at radius 1 is 1.25 bits per heavy atom. The highest BCUT2D eigenvalue weighted by Gasteiger charge is 2.60. The predicted octanol–water partition coefficient (Wildman–Crippen LogP) is 2.49. The van der Waals surface area contributed by atoms with Crippen LogP contribution in [0.4, 0.5) is 22.0 Å². The Morgan fingerprint density at radius 2 is 1.90 bits per heavy atom. The van der Waals surface area contributed by atoms with Crippen molar-refractivity contribution in [3.8, 4) is 5.88 Å². The number of ether oxygens (including phenoxy) is 1. The van der Waals surface area contributed by atoms with E-state index >= 15 is 0 Å². The van der Waals surface area contributed by atoms with Gasteiger partial charge in [0.2, 0.25) is 5.88 Å². The molecule has 0 aliphatic heterocycles. The van der Waals surface area contributed by atoms with Crippen LogP contribution in [0.5, 0.6) is 5.88 Å². The van der Waals surface area contributed by atoms with Gasteiger partial charge in [0.1, 0.15) is 5.69 Å². The molecule has 9 heteroatoms. The molecule has 2 rings (SSSR count). The number of pyridine rings is 1. The van der Waals surface area contributed by atoms with Crippen molar-refractivity contribution in [1.82, 2.24) is 9.61 Å². The molecule has 0 aromatic carbocycles. The highest BCUT2D eigenvalue weighted by atomic mass is 19.4. The molecule has 0 spiro atoms. The molecule has 0 unspecified atom stereocenters. The zero-order valence-electron chi connectivity index (χ0n) is 10.1. The van der Waals surface area contributed by atoms with E-state index in [-0.39, 0.29) is 17.0 Å². The normalized spacial score (nSPS) is 12.9. The molecule has 1 N–H and O–H groups in total. The third-order valence-corrected chi connectivity index (χ3v) is 2.73. The Hall–Kier alpha value is -1.90. The predicted molar refractivity (Wildman–Crippen MR) is 57.6 cm³/mol. The quantitative estimate of drug-likeness (QED) is 0.885. The largest absolute Gasteiger partial charge is 0.481 e. The van der Waals surface area contributed by atoms with Crippen LogP contribution < -0.4 is 4.74 Å². The van der Waals surface area contributed by atoms with Crippen molar-refractivity contribution in [2.75, 3.05) is 7.11 Å². The van der Waals surface area contributed by atoms with Gasteiger partial charge in [0.25, 0.3) is 0 Å². The molecular formula is C11H9F5N2O2. The van der Waals surface area contributed by atoms with Crippen molar-refractivity contribution >= 4 is 5.52 Å². The molecule has 2 aromatic rings. The summed E-state index contributed by atoms with van der Waals surface area (Å²) in [7, 11) is 1.22. The third kappa shape index (κ3) is 2.07. The summed E-state index contributed by atoms with van der Waals surface area (Å²) in [6.07, 6.45) is -5.75. The Kier molecular flexibility index (Phi) is 3.32. The second-order valence-corrected chi connectivity index (χ2v) is 3.96. The average molecular weight is 296 g/mol. The van der Waals surface area contributed by atoms with E-state index in [1.165, 1.54) is 19.2 Å². The third-order valence-electron chi connectivity index (χ3n) is 2.73. The molecule has 0 aliphatic rings. The van der Waals surface area contributed by atoms with Crippen LogP contribution in [0.3, 0.4) is 0 Å². The minimum Gasteiger partial charge on any atom is -0.481 e. The summed E-state index contributed by atoms with van der Waals surface area (Å²) in [4.78, 5) is 0. The van der Waals surface area contributed by atoms with E-state index < -0.39 is 24.4 Å². The van der Waals surface area contributed by atoms with Crippen molar-refractivity contribution < 1.29 is 31.8 Å². The minimum atomic E-state index is -5.75. The average Bonchev–Trinajstić information content (AvgIpc) is 2.81. The van der Waals surface area contributed by atoms with E-state index in [9.17, 15) is 22.0 Å². The number of halogens is 5. The number of aliphatic hydroxyl groups is 1. The van der Waals surface area contributed by atoms with Gasteiger partial charge in [0.05, 0.1) is 19.2 Å². The SMILES string of the molecule is COc1ccc(CO)c2cc(C(F)(F)C(F)(F)F)nn12. The highest BCUT2D eigenvalue weighted by Crippen LogP contribution is 2.43. The number of hydrogen-bond acceptors (Lipinski definition) is 3. The second kappa shape index (κ2) is 4.58. The lowest BCUT2D eigenvalue weighted by Gasteiger charge is -2.16. The first-order chi connectivity index (χ1) is 9.22. The lowest BCUT2D eigenvalue weighted by atomic mass is 10.2. The molecule has 2 heterocycles. The number of fused-ring (bicyclic) bond motifs is 1. The lowest BCUT2D eigenvalue weighted by molar-refractivity contribution is -0.291. The fourth-order valence-corrected chi connectivity index (χ4v) is 1.69. The molecule has 0 bridgehead atoms. The van der Waals surface area contributed by atoms with Gasteiger partial charge in [-0.15, -0.1) is 0 Å². The summed E-state index contributed by atoms with van der Waals surface area (Å²) in [6.45, 7) is -0.532. The Balaban J connectivity index is 2.70. The first-order valence-electron chi connectivity index (χ1n) is 5.34. The van der Waals surface area contributed by atoms with Crippen LogP contribution in [0.25, 0.3) is 5.52 Å². The molecule has 2 aromatic heterocycles. The zero-order valence-corrected chi connectivity index (χ0v) is 10.1. The summed E-state index contributed by atoms with van der Waals surface area (Å²) >= 11 is 0. The van der Waals surface area contributed by atoms with Gasteiger partial charge >= 0.3 is 12.1 Å². The standard InChI is InChI=1S/C11H9F5N2O2/c1-20-9-3-2-6(5-19)7-4-8(17-18(7)9)10(12,13)11(14,15)16/h2-4,19H,5H2,1H3. The monoisotopic (exact) mass is 296 g/mol. The number of rotatable bonds is 3. The smallest absolute Gasteiger partial charge is 0.459 e. The Morgan fingerprint density at radius 3 is 2.40 bits per heavy atom. The van der Waals surface area contributed by atoms with E-state index in [1.54, 1.807) is 0 Å². The maximum Gasteiger partial charge on any atom is 0.459 e. The zero-order chi connectivity index (χ0) is 15.1. The van der Waals surface area contributed by atoms with Crippen LogP contribution in [0.15, 0.2) is 18.2 Å². The van der Waals surface area contributed by atoms with Gasteiger partial charge < -0.3 is 9.84 Å². The lowest BCUT2D eigenvalue weighted by Crippen LogP contribution is -2.34. The number of methoxy groups -OCH3 is 1. The molecule has 0 amide bonds. The van der Waals surface area contributed by atoms with Gasteiger partial charge in [-0.25, -0.2) is 4.52 Å². The molecule has 20 heavy (non-hydrogen) atoms. The first-order valence-corrected chi connectivity index (χ1v) is 5.34. The van der Waals surface area contributed by atoms with Crippen LogP contribution in [0.1, 0.15) is 11.3 Å². The van der Waals surface area contributed by atoms with Crippen molar-refractivity contribution in [2.24, 2.45) is 0 Å². The van der Waals surface area contributed by atoms with Gasteiger partial charge in [-0.05, 0) is 12.1 Å². The van der Waals surface area contributed by atoms with Gasteiger partial charge in [0.15, 0.2) is 0 Å². The van der Waals surface area contributed by atoms with E-state index in [0.717, 1.165) is 4.52 Å². The Labute approximate surface area is 109 Å². The number of aliphatic hydroxyl groups excluding tert-OH is 1. The number of alkyl halides is 5. The molecule has 0 aliphatic carbocycles. The molecule has 4 nitrogen and oxygen atoms in total. The van der Waals surface area contributed by atoms with Crippen LogP contribution in [0, 0.1) is 0 Å². The summed E-state index contributed by atoms with van der Waals surface area (Å²) < 4.78 is 69.2. The van der Waals surface area contributed by atoms with Crippen molar-refractivity contribution in [1.29, 1.82) is 0 Å². The fourth-order valence-electron chi connectivity index (χ4n) is 1.69. The van der Waals surface area contributed by atoms with E-state index in [0.29, 0.717) is 6.07 Å². The first kappa shape index (κ1) is 14.5. The van der Waals surface area contributed by atoms with Gasteiger partial charge in [-0.2, -0.15) is 27.1 Å². The number of hydrogen-bond donors (Lipinski definition) is 1. The molecule has 0 fully saturated rings. The van der Waals surface area contributed by atoms with Crippen LogP contribution in [-0.2, 0) is 12.5 Å². The Bertz CT molecular complexity index is 595. The van der Waals surface area contributed by atoms with Crippen LogP contribution >= 0.6 is 0 Å². The van der Waals surface area contributed by atoms with E-state index in [2.05, 4.69) is 5.10 Å². The second-order valence-electron chi connectivity index (χ2n) is 3.96. The summed E-state index contributed by atoms with van der Waals surface area (Å²) in [6, 6.07) is 3.24. The van der Waals surface area contributed by atoms with Crippen LogP contribution in [-0.4, -0.2) is 28.0 Å². The number of aromatic nitrogens is 2. The topological polar surface area (TPSA) is 46.8 Å². The van der Waals surface area contributed by atoms with Crippen molar-refractivity contribution in [3.63, 3.8) is 0 Å². The minimum absolute atomic E-state index is 0.0265. The maximum absolute atomic E-state index is 13.3. The molecule has 0 atom stereocenters.